The molecule has 2 heteroatoms. The molecule has 0 atom stereocenters. The zero-order valence-corrected chi connectivity index (χ0v) is 14.2. The summed E-state index contributed by atoms with van der Waals surface area (Å²) in [5.41, 5.74) is 4.22. The van der Waals surface area contributed by atoms with Gasteiger partial charge < -0.3 is 4.74 Å². The topological polar surface area (TPSA) is 33.0 Å². The molecule has 2 aromatic rings. The first-order valence-electron chi connectivity index (χ1n) is 7.80. The third-order valence-electron chi connectivity index (χ3n) is 3.45. The Bertz CT molecular complexity index is 638. The third-order valence-corrected chi connectivity index (χ3v) is 3.45. The third kappa shape index (κ3) is 4.36. The van der Waals surface area contributed by atoms with E-state index in [2.05, 4.69) is 32.0 Å². The number of hydrogen-bond donors (Lipinski definition) is 0. The Morgan fingerprint density at radius 3 is 2.36 bits per heavy atom. The van der Waals surface area contributed by atoms with Crippen LogP contribution in [-0.4, -0.2) is 7.11 Å². The molecule has 22 heavy (non-hydrogen) atoms. The molecule has 0 saturated heterocycles. The van der Waals surface area contributed by atoms with Gasteiger partial charge in [0.05, 0.1) is 18.7 Å². The van der Waals surface area contributed by atoms with Crippen molar-refractivity contribution in [1.82, 2.24) is 0 Å². The van der Waals surface area contributed by atoms with Crippen LogP contribution in [0.4, 0.5) is 0 Å². The first-order chi connectivity index (χ1) is 10.7. The van der Waals surface area contributed by atoms with E-state index < -0.39 is 0 Å². The molecule has 0 aromatic heterocycles. The number of ether oxygens (including phenoxy) is 1. The average Bonchev–Trinajstić information content (AvgIpc) is 2.57. The largest absolute Gasteiger partial charge is 0.496 e. The second-order valence-electron chi connectivity index (χ2n) is 5.18. The van der Waals surface area contributed by atoms with Crippen LogP contribution in [0.5, 0.6) is 5.75 Å². The molecule has 2 aromatic carbocycles. The SMILES string of the molecule is CC.COc1ccc(Cc2ccccc2C#N)cc1C(C)C. The van der Waals surface area contributed by atoms with Gasteiger partial charge in [-0.2, -0.15) is 5.26 Å². The highest BCUT2D eigenvalue weighted by molar-refractivity contribution is 5.44. The maximum Gasteiger partial charge on any atom is 0.122 e. The number of benzene rings is 2. The Morgan fingerprint density at radius 2 is 1.77 bits per heavy atom. The van der Waals surface area contributed by atoms with Gasteiger partial charge in [-0.1, -0.05) is 58.0 Å². The summed E-state index contributed by atoms with van der Waals surface area (Å²) >= 11 is 0. The van der Waals surface area contributed by atoms with Crippen molar-refractivity contribution in [3.8, 4) is 11.8 Å². The molecule has 0 aliphatic heterocycles. The molecular formula is C20H25NO. The fraction of sp³-hybridized carbons (Fsp3) is 0.350. The van der Waals surface area contributed by atoms with Crippen molar-refractivity contribution in [2.75, 3.05) is 7.11 Å². The van der Waals surface area contributed by atoms with Crippen molar-refractivity contribution >= 4 is 0 Å². The standard InChI is InChI=1S/C18H19NO.C2H6/c1-13(2)17-11-14(8-9-18(17)20-3)10-15-6-4-5-7-16(15)12-19;1-2/h4-9,11,13H,10H2,1-3H3;1-2H3. The lowest BCUT2D eigenvalue weighted by Crippen LogP contribution is -1.98. The van der Waals surface area contributed by atoms with Crippen molar-refractivity contribution in [3.05, 3.63) is 64.7 Å². The first kappa shape index (κ1) is 17.8. The van der Waals surface area contributed by atoms with Gasteiger partial charge in [-0.3, -0.25) is 0 Å². The van der Waals surface area contributed by atoms with Gasteiger partial charge in [-0.25, -0.2) is 0 Å². The minimum atomic E-state index is 0.413. The summed E-state index contributed by atoms with van der Waals surface area (Å²) in [5, 5.41) is 9.15. The van der Waals surface area contributed by atoms with Crippen LogP contribution in [0.1, 0.15) is 55.9 Å². The van der Waals surface area contributed by atoms with E-state index in [9.17, 15) is 0 Å². The van der Waals surface area contributed by atoms with Crippen LogP contribution < -0.4 is 4.74 Å². The molecule has 116 valence electrons. The van der Waals surface area contributed by atoms with E-state index in [4.69, 9.17) is 10.00 Å². The van der Waals surface area contributed by atoms with Crippen LogP contribution in [0.3, 0.4) is 0 Å². The van der Waals surface area contributed by atoms with E-state index in [1.807, 2.05) is 44.2 Å². The van der Waals surface area contributed by atoms with Gasteiger partial charge in [0.25, 0.3) is 0 Å². The van der Waals surface area contributed by atoms with Gasteiger partial charge in [0.2, 0.25) is 0 Å². The lowest BCUT2D eigenvalue weighted by atomic mass is 9.95. The summed E-state index contributed by atoms with van der Waals surface area (Å²) in [6.07, 6.45) is 0.771. The highest BCUT2D eigenvalue weighted by Gasteiger charge is 2.09. The Hall–Kier alpha value is -2.27. The van der Waals surface area contributed by atoms with Gasteiger partial charge in [0.1, 0.15) is 5.75 Å². The van der Waals surface area contributed by atoms with E-state index in [1.54, 1.807) is 7.11 Å². The minimum absolute atomic E-state index is 0.413. The summed E-state index contributed by atoms with van der Waals surface area (Å²) in [5.74, 6) is 1.34. The number of nitrogens with zero attached hydrogens (tertiary/aromatic N) is 1. The number of hydrogen-bond acceptors (Lipinski definition) is 2. The quantitative estimate of drug-likeness (QED) is 0.766. The van der Waals surface area contributed by atoms with Crippen LogP contribution >= 0.6 is 0 Å². The smallest absolute Gasteiger partial charge is 0.122 e. The Labute approximate surface area is 134 Å². The van der Waals surface area contributed by atoms with E-state index >= 15 is 0 Å². The summed E-state index contributed by atoms with van der Waals surface area (Å²) in [6, 6.07) is 16.3. The van der Waals surface area contributed by atoms with Crippen molar-refractivity contribution in [1.29, 1.82) is 5.26 Å². The van der Waals surface area contributed by atoms with Crippen LogP contribution in [0.2, 0.25) is 0 Å². The number of methoxy groups -OCH3 is 1. The number of rotatable bonds is 4. The Morgan fingerprint density at radius 1 is 1.09 bits per heavy atom. The van der Waals surface area contributed by atoms with E-state index in [0.717, 1.165) is 23.3 Å². The van der Waals surface area contributed by atoms with Crippen LogP contribution in [0.25, 0.3) is 0 Å². The van der Waals surface area contributed by atoms with Crippen molar-refractivity contribution in [2.45, 2.75) is 40.0 Å². The summed E-state index contributed by atoms with van der Waals surface area (Å²) in [7, 11) is 1.70. The molecule has 2 rings (SSSR count). The van der Waals surface area contributed by atoms with Crippen molar-refractivity contribution < 1.29 is 4.74 Å². The van der Waals surface area contributed by atoms with Crippen molar-refractivity contribution in [3.63, 3.8) is 0 Å². The molecule has 0 aliphatic rings. The molecule has 2 nitrogen and oxygen atoms in total. The first-order valence-corrected chi connectivity index (χ1v) is 7.80. The molecule has 0 unspecified atom stereocenters. The predicted octanol–water partition coefficient (Wildman–Crippen LogP) is 5.31. The molecule has 0 heterocycles. The number of nitriles is 1. The summed E-state index contributed by atoms with van der Waals surface area (Å²) in [6.45, 7) is 8.32. The van der Waals surface area contributed by atoms with Gasteiger partial charge in [0.15, 0.2) is 0 Å². The fourth-order valence-electron chi connectivity index (χ4n) is 2.35. The highest BCUT2D eigenvalue weighted by Crippen LogP contribution is 2.28. The Balaban J connectivity index is 0.00000116. The van der Waals surface area contributed by atoms with Crippen molar-refractivity contribution in [2.24, 2.45) is 0 Å². The molecule has 0 spiro atoms. The Kier molecular flexibility index (Phi) is 7.19. The molecular weight excluding hydrogens is 270 g/mol. The maximum absolute atomic E-state index is 9.15. The molecule has 0 aliphatic carbocycles. The second kappa shape index (κ2) is 8.89. The van der Waals surface area contributed by atoms with Gasteiger partial charge in [-0.05, 0) is 41.2 Å². The molecule has 0 saturated carbocycles. The molecule has 0 radical (unpaired) electrons. The summed E-state index contributed by atoms with van der Waals surface area (Å²) in [4.78, 5) is 0. The van der Waals surface area contributed by atoms with E-state index in [0.29, 0.717) is 5.92 Å². The fourth-order valence-corrected chi connectivity index (χ4v) is 2.35. The van der Waals surface area contributed by atoms with Gasteiger partial charge >= 0.3 is 0 Å². The average molecular weight is 295 g/mol. The van der Waals surface area contributed by atoms with Crippen LogP contribution in [0, 0.1) is 11.3 Å². The molecule has 0 amide bonds. The molecule has 0 fully saturated rings. The zero-order valence-electron chi connectivity index (χ0n) is 14.2. The second-order valence-corrected chi connectivity index (χ2v) is 5.18. The maximum atomic E-state index is 9.15. The zero-order chi connectivity index (χ0) is 16.5. The van der Waals surface area contributed by atoms with E-state index in [-0.39, 0.29) is 0 Å². The monoisotopic (exact) mass is 295 g/mol. The highest BCUT2D eigenvalue weighted by atomic mass is 16.5. The van der Waals surface area contributed by atoms with E-state index in [1.165, 1.54) is 11.1 Å². The van der Waals surface area contributed by atoms with Crippen LogP contribution in [0.15, 0.2) is 42.5 Å². The minimum Gasteiger partial charge on any atom is -0.496 e. The lowest BCUT2D eigenvalue weighted by molar-refractivity contribution is 0.407. The normalized spacial score (nSPS) is 9.68. The predicted molar refractivity (Wildman–Crippen MR) is 92.4 cm³/mol. The van der Waals surface area contributed by atoms with Gasteiger partial charge in [0, 0.05) is 0 Å². The lowest BCUT2D eigenvalue weighted by Gasteiger charge is -2.14. The van der Waals surface area contributed by atoms with Crippen LogP contribution in [-0.2, 0) is 6.42 Å². The summed E-state index contributed by atoms with van der Waals surface area (Å²) < 4.78 is 5.40. The molecule has 0 N–H and O–H groups in total. The van der Waals surface area contributed by atoms with Gasteiger partial charge in [-0.15, -0.1) is 0 Å². The molecule has 0 bridgehead atoms.